The Balaban J connectivity index is 3.78. The van der Waals surface area contributed by atoms with Gasteiger partial charge >= 0.3 is 7.60 Å². The first-order valence-corrected chi connectivity index (χ1v) is 4.53. The summed E-state index contributed by atoms with van der Waals surface area (Å²) in [5, 5.41) is 0. The number of nitrogens with two attached hydrogens (primary N) is 1. The van der Waals surface area contributed by atoms with E-state index in [1.165, 1.54) is 0 Å². The monoisotopic (exact) mass is 153 g/mol. The van der Waals surface area contributed by atoms with Crippen molar-refractivity contribution in [2.75, 3.05) is 12.8 Å². The van der Waals surface area contributed by atoms with E-state index in [2.05, 4.69) is 4.62 Å². The Morgan fingerprint density at radius 3 is 2.22 bits per heavy atom. The third kappa shape index (κ3) is 2.96. The molecule has 0 aromatic heterocycles. The lowest BCUT2D eigenvalue weighted by atomic mass is 10.9. The standard InChI is InChI=1S/C4H12NO3P/c1-3-7-9(6,4-2)8-5/h3-5H2,1-2H3. The molecule has 2 N–H and O–H groups in total. The van der Waals surface area contributed by atoms with Crippen molar-refractivity contribution in [3.05, 3.63) is 0 Å². The second-order valence-corrected chi connectivity index (χ2v) is 3.77. The lowest BCUT2D eigenvalue weighted by molar-refractivity contribution is 0.217. The quantitative estimate of drug-likeness (QED) is 0.485. The maximum atomic E-state index is 11.0. The van der Waals surface area contributed by atoms with E-state index in [0.29, 0.717) is 12.8 Å². The molecule has 1 atom stereocenters. The number of hydrogen-bond donors (Lipinski definition) is 1. The molecule has 9 heavy (non-hydrogen) atoms. The second kappa shape index (κ2) is 4.01. The molecule has 0 bridgehead atoms. The lowest BCUT2D eigenvalue weighted by Crippen LogP contribution is -2.02. The molecule has 0 saturated heterocycles. The molecule has 4 nitrogen and oxygen atoms in total. The van der Waals surface area contributed by atoms with Crippen LogP contribution in [0.2, 0.25) is 0 Å². The Morgan fingerprint density at radius 1 is 1.56 bits per heavy atom. The minimum atomic E-state index is -2.90. The first-order valence-electron chi connectivity index (χ1n) is 2.80. The van der Waals surface area contributed by atoms with Crippen LogP contribution in [0.5, 0.6) is 0 Å². The third-order valence-electron chi connectivity index (χ3n) is 0.874. The van der Waals surface area contributed by atoms with E-state index in [1.54, 1.807) is 13.8 Å². The molecule has 0 fully saturated rings. The van der Waals surface area contributed by atoms with Gasteiger partial charge in [-0.2, -0.15) is 0 Å². The molecule has 5 heteroatoms. The highest BCUT2D eigenvalue weighted by molar-refractivity contribution is 7.53. The van der Waals surface area contributed by atoms with Gasteiger partial charge in [0.1, 0.15) is 0 Å². The van der Waals surface area contributed by atoms with Crippen molar-refractivity contribution >= 4 is 7.60 Å². The van der Waals surface area contributed by atoms with Gasteiger partial charge in [-0.05, 0) is 6.92 Å². The van der Waals surface area contributed by atoms with E-state index in [-0.39, 0.29) is 0 Å². The lowest BCUT2D eigenvalue weighted by Gasteiger charge is -2.10. The summed E-state index contributed by atoms with van der Waals surface area (Å²) < 4.78 is 19.9. The van der Waals surface area contributed by atoms with Crippen LogP contribution >= 0.6 is 7.60 Å². The van der Waals surface area contributed by atoms with Crippen molar-refractivity contribution < 1.29 is 13.7 Å². The van der Waals surface area contributed by atoms with Crippen LogP contribution in [0.3, 0.4) is 0 Å². The molecule has 0 heterocycles. The highest BCUT2D eigenvalue weighted by Crippen LogP contribution is 2.45. The fourth-order valence-electron chi connectivity index (χ4n) is 0.393. The number of rotatable bonds is 4. The van der Waals surface area contributed by atoms with Gasteiger partial charge in [-0.1, -0.05) is 6.92 Å². The summed E-state index contributed by atoms with van der Waals surface area (Å²) in [6.07, 6.45) is 0.317. The highest BCUT2D eigenvalue weighted by Gasteiger charge is 2.18. The van der Waals surface area contributed by atoms with Gasteiger partial charge in [0.25, 0.3) is 0 Å². The summed E-state index contributed by atoms with van der Waals surface area (Å²) in [6.45, 7) is 3.80. The Hall–Kier alpha value is 0.110. The zero-order valence-corrected chi connectivity index (χ0v) is 6.56. The topological polar surface area (TPSA) is 61.5 Å². The smallest absolute Gasteiger partial charge is 0.308 e. The third-order valence-corrected chi connectivity index (χ3v) is 2.62. The molecule has 0 aliphatic carbocycles. The molecule has 56 valence electrons. The molecule has 0 saturated carbocycles. The van der Waals surface area contributed by atoms with E-state index in [4.69, 9.17) is 10.4 Å². The van der Waals surface area contributed by atoms with Gasteiger partial charge in [0.2, 0.25) is 0 Å². The van der Waals surface area contributed by atoms with Gasteiger partial charge in [0, 0.05) is 6.16 Å². The Kier molecular flexibility index (Phi) is 4.06. The maximum Gasteiger partial charge on any atom is 0.346 e. The summed E-state index contributed by atoms with van der Waals surface area (Å²) in [7, 11) is -2.90. The normalized spacial score (nSPS) is 17.2. The largest absolute Gasteiger partial charge is 0.346 e. The van der Waals surface area contributed by atoms with E-state index >= 15 is 0 Å². The van der Waals surface area contributed by atoms with Crippen LogP contribution in [0.15, 0.2) is 0 Å². The average molecular weight is 153 g/mol. The predicted octanol–water partition coefficient (Wildman–Crippen LogP) is 1.13. The summed E-state index contributed by atoms with van der Waals surface area (Å²) in [5.41, 5.74) is 0. The van der Waals surface area contributed by atoms with Crippen LogP contribution in [-0.4, -0.2) is 12.8 Å². The molecule has 1 unspecified atom stereocenters. The SMILES string of the molecule is CCOP(=O)(CC)ON. The van der Waals surface area contributed by atoms with Crippen molar-refractivity contribution in [3.63, 3.8) is 0 Å². The van der Waals surface area contributed by atoms with E-state index in [1.807, 2.05) is 0 Å². The molecule has 0 aliphatic heterocycles. The Labute approximate surface area is 54.8 Å². The minimum Gasteiger partial charge on any atom is -0.308 e. The van der Waals surface area contributed by atoms with Gasteiger partial charge in [-0.3, -0.25) is 4.57 Å². The molecule has 0 spiro atoms. The molecule has 0 aliphatic rings. The van der Waals surface area contributed by atoms with E-state index < -0.39 is 7.60 Å². The maximum absolute atomic E-state index is 11.0. The van der Waals surface area contributed by atoms with Gasteiger partial charge in [-0.15, -0.1) is 0 Å². The van der Waals surface area contributed by atoms with Crippen LogP contribution in [0.25, 0.3) is 0 Å². The molecule has 0 aromatic rings. The van der Waals surface area contributed by atoms with Crippen LogP contribution in [0.1, 0.15) is 13.8 Å². The first-order chi connectivity index (χ1) is 4.18. The predicted molar refractivity (Wildman–Crippen MR) is 35.0 cm³/mol. The molecular weight excluding hydrogens is 141 g/mol. The van der Waals surface area contributed by atoms with Crippen LogP contribution in [0, 0.1) is 0 Å². The van der Waals surface area contributed by atoms with Crippen LogP contribution < -0.4 is 5.90 Å². The van der Waals surface area contributed by atoms with Crippen molar-refractivity contribution in [3.8, 4) is 0 Å². The van der Waals surface area contributed by atoms with E-state index in [0.717, 1.165) is 0 Å². The van der Waals surface area contributed by atoms with Crippen molar-refractivity contribution in [1.82, 2.24) is 0 Å². The van der Waals surface area contributed by atoms with Gasteiger partial charge < -0.3 is 4.52 Å². The summed E-state index contributed by atoms with van der Waals surface area (Å²) >= 11 is 0. The second-order valence-electron chi connectivity index (χ2n) is 1.45. The summed E-state index contributed by atoms with van der Waals surface area (Å²) in [4.78, 5) is 0. The highest BCUT2D eigenvalue weighted by atomic mass is 31.2. The first kappa shape index (κ1) is 9.11. The number of hydrogen-bond acceptors (Lipinski definition) is 4. The summed E-state index contributed by atoms with van der Waals surface area (Å²) in [6, 6.07) is 0. The Bertz CT molecular complexity index is 108. The molecule has 0 radical (unpaired) electrons. The van der Waals surface area contributed by atoms with Crippen molar-refractivity contribution in [1.29, 1.82) is 0 Å². The van der Waals surface area contributed by atoms with Gasteiger partial charge in [0.05, 0.1) is 6.61 Å². The fraction of sp³-hybridized carbons (Fsp3) is 1.00. The molecule has 0 amide bonds. The average Bonchev–Trinajstić information content (AvgIpc) is 1.89. The van der Waals surface area contributed by atoms with Crippen molar-refractivity contribution in [2.24, 2.45) is 5.90 Å². The Morgan fingerprint density at radius 2 is 2.11 bits per heavy atom. The summed E-state index contributed by atoms with van der Waals surface area (Å²) in [5.74, 6) is 4.72. The molecule has 0 aromatic carbocycles. The van der Waals surface area contributed by atoms with E-state index in [9.17, 15) is 4.57 Å². The zero-order valence-electron chi connectivity index (χ0n) is 5.66. The van der Waals surface area contributed by atoms with Crippen LogP contribution in [0.4, 0.5) is 0 Å². The fourth-order valence-corrected chi connectivity index (χ4v) is 1.18. The van der Waals surface area contributed by atoms with Gasteiger partial charge in [-0.25, -0.2) is 10.5 Å². The molecule has 0 rings (SSSR count). The molecular formula is C4H12NO3P. The minimum absolute atomic E-state index is 0.317. The van der Waals surface area contributed by atoms with Crippen LogP contribution in [-0.2, 0) is 13.7 Å². The van der Waals surface area contributed by atoms with Gasteiger partial charge in [0.15, 0.2) is 0 Å². The zero-order chi connectivity index (χ0) is 7.33. The van der Waals surface area contributed by atoms with Crippen molar-refractivity contribution in [2.45, 2.75) is 13.8 Å².